The fourth-order valence-corrected chi connectivity index (χ4v) is 2.72. The molecule has 1 aliphatic rings. The predicted molar refractivity (Wildman–Crippen MR) is 86.6 cm³/mol. The molecule has 0 atom stereocenters. The van der Waals surface area contributed by atoms with E-state index in [0.717, 1.165) is 37.8 Å². The van der Waals surface area contributed by atoms with Crippen LogP contribution in [-0.4, -0.2) is 23.4 Å². The summed E-state index contributed by atoms with van der Waals surface area (Å²) in [6.07, 6.45) is 6.03. The zero-order chi connectivity index (χ0) is 15.8. The quantitative estimate of drug-likeness (QED) is 0.649. The third-order valence-corrected chi connectivity index (χ3v) is 4.00. The molecule has 1 aromatic rings. The van der Waals surface area contributed by atoms with Crippen molar-refractivity contribution in [2.24, 2.45) is 0 Å². The van der Waals surface area contributed by atoms with Crippen molar-refractivity contribution in [2.45, 2.75) is 45.2 Å². The Morgan fingerprint density at radius 2 is 2.05 bits per heavy atom. The Kier molecular flexibility index (Phi) is 6.02. The van der Waals surface area contributed by atoms with Crippen LogP contribution in [0.15, 0.2) is 42.1 Å². The van der Waals surface area contributed by atoms with Crippen molar-refractivity contribution >= 4 is 5.91 Å². The highest BCUT2D eigenvalue weighted by Crippen LogP contribution is 2.18. The summed E-state index contributed by atoms with van der Waals surface area (Å²) in [6, 6.07) is 12.3. The third kappa shape index (κ3) is 4.63. The van der Waals surface area contributed by atoms with E-state index in [1.165, 1.54) is 0 Å². The van der Waals surface area contributed by atoms with Crippen molar-refractivity contribution < 1.29 is 4.79 Å². The average molecular weight is 297 g/mol. The molecule has 0 spiro atoms. The van der Waals surface area contributed by atoms with Crippen molar-refractivity contribution in [3.8, 4) is 6.07 Å². The maximum Gasteiger partial charge on any atom is 0.263 e. The molecule has 1 N–H and O–H groups in total. The van der Waals surface area contributed by atoms with Gasteiger partial charge >= 0.3 is 0 Å². The van der Waals surface area contributed by atoms with E-state index in [4.69, 9.17) is 0 Å². The van der Waals surface area contributed by atoms with Gasteiger partial charge in [-0.3, -0.25) is 4.79 Å². The topological polar surface area (TPSA) is 56.1 Å². The van der Waals surface area contributed by atoms with E-state index in [2.05, 4.69) is 5.32 Å². The van der Waals surface area contributed by atoms with E-state index in [9.17, 15) is 10.1 Å². The second kappa shape index (κ2) is 8.23. The maximum absolute atomic E-state index is 12.2. The summed E-state index contributed by atoms with van der Waals surface area (Å²) in [7, 11) is 0. The Bertz CT molecular complexity index is 553. The van der Waals surface area contributed by atoms with Crippen LogP contribution >= 0.6 is 0 Å². The number of rotatable bonds is 6. The molecule has 1 aliphatic carbocycles. The first-order valence-electron chi connectivity index (χ1n) is 7.93. The van der Waals surface area contributed by atoms with Gasteiger partial charge in [0.2, 0.25) is 0 Å². The van der Waals surface area contributed by atoms with Gasteiger partial charge in [0.15, 0.2) is 0 Å². The molecule has 0 aromatic heterocycles. The SMILES string of the molecule is CCN(/C=C(/C#N)C(=O)NC1CCCC1)Cc1ccccc1. The van der Waals surface area contributed by atoms with Crippen LogP contribution in [0.2, 0.25) is 0 Å². The van der Waals surface area contributed by atoms with Crippen molar-refractivity contribution in [3.05, 3.63) is 47.7 Å². The molecule has 1 saturated carbocycles. The molecule has 116 valence electrons. The predicted octanol–water partition coefficient (Wildman–Crippen LogP) is 2.97. The Balaban J connectivity index is 2.01. The van der Waals surface area contributed by atoms with Gasteiger partial charge in [-0.25, -0.2) is 0 Å². The molecule has 1 fully saturated rings. The highest BCUT2D eigenvalue weighted by Gasteiger charge is 2.19. The van der Waals surface area contributed by atoms with Crippen LogP contribution in [-0.2, 0) is 11.3 Å². The first kappa shape index (κ1) is 16.1. The molecule has 0 radical (unpaired) electrons. The molecule has 4 heteroatoms. The molecule has 0 aliphatic heterocycles. The van der Waals surface area contributed by atoms with Gasteiger partial charge in [-0.1, -0.05) is 43.2 Å². The number of hydrogen-bond acceptors (Lipinski definition) is 3. The minimum absolute atomic E-state index is 0.185. The maximum atomic E-state index is 12.2. The molecule has 4 nitrogen and oxygen atoms in total. The number of nitrogens with one attached hydrogen (secondary N) is 1. The number of amides is 1. The van der Waals surface area contributed by atoms with Crippen molar-refractivity contribution in [1.29, 1.82) is 5.26 Å². The van der Waals surface area contributed by atoms with Gasteiger partial charge in [-0.2, -0.15) is 5.26 Å². The molecular formula is C18H23N3O. The Morgan fingerprint density at radius 3 is 2.64 bits per heavy atom. The molecule has 1 aromatic carbocycles. The largest absolute Gasteiger partial charge is 0.372 e. The first-order valence-corrected chi connectivity index (χ1v) is 7.93. The van der Waals surface area contributed by atoms with Gasteiger partial charge < -0.3 is 10.2 Å². The van der Waals surface area contributed by atoms with E-state index >= 15 is 0 Å². The highest BCUT2D eigenvalue weighted by atomic mass is 16.1. The molecule has 2 rings (SSSR count). The summed E-state index contributed by atoms with van der Waals surface area (Å²) in [6.45, 7) is 3.46. The third-order valence-electron chi connectivity index (χ3n) is 4.00. The van der Waals surface area contributed by atoms with Crippen LogP contribution in [0.5, 0.6) is 0 Å². The van der Waals surface area contributed by atoms with E-state index in [1.807, 2.05) is 48.2 Å². The zero-order valence-corrected chi connectivity index (χ0v) is 13.1. The van der Waals surface area contributed by atoms with E-state index in [-0.39, 0.29) is 17.5 Å². The van der Waals surface area contributed by atoms with Gasteiger partial charge in [0.1, 0.15) is 11.6 Å². The lowest BCUT2D eigenvalue weighted by atomic mass is 10.2. The average Bonchev–Trinajstić information content (AvgIpc) is 3.05. The first-order chi connectivity index (χ1) is 10.7. The van der Waals surface area contributed by atoms with Crippen LogP contribution in [0.4, 0.5) is 0 Å². The molecule has 22 heavy (non-hydrogen) atoms. The number of benzene rings is 1. The van der Waals surface area contributed by atoms with Gasteiger partial charge in [0.25, 0.3) is 5.91 Å². The lowest BCUT2D eigenvalue weighted by molar-refractivity contribution is -0.117. The Hall–Kier alpha value is -2.28. The van der Waals surface area contributed by atoms with Crippen molar-refractivity contribution in [2.75, 3.05) is 6.54 Å². The lowest BCUT2D eigenvalue weighted by Crippen LogP contribution is -2.34. The van der Waals surface area contributed by atoms with Crippen LogP contribution in [0.3, 0.4) is 0 Å². The lowest BCUT2D eigenvalue weighted by Gasteiger charge is -2.19. The Morgan fingerprint density at radius 1 is 1.36 bits per heavy atom. The van der Waals surface area contributed by atoms with Crippen LogP contribution in [0, 0.1) is 11.3 Å². The summed E-state index contributed by atoms with van der Waals surface area (Å²) in [4.78, 5) is 14.2. The van der Waals surface area contributed by atoms with E-state index in [1.54, 1.807) is 6.20 Å². The van der Waals surface area contributed by atoms with Gasteiger partial charge in [-0.05, 0) is 25.3 Å². The number of carbonyl (C=O) groups excluding carboxylic acids is 1. The summed E-state index contributed by atoms with van der Waals surface area (Å²) in [5.41, 5.74) is 1.35. The number of carbonyl (C=O) groups is 1. The van der Waals surface area contributed by atoms with Crippen molar-refractivity contribution in [1.82, 2.24) is 10.2 Å². The van der Waals surface area contributed by atoms with Gasteiger partial charge in [0.05, 0.1) is 0 Å². The summed E-state index contributed by atoms with van der Waals surface area (Å²) >= 11 is 0. The summed E-state index contributed by atoms with van der Waals surface area (Å²) in [5.74, 6) is -0.249. The minimum Gasteiger partial charge on any atom is -0.372 e. The number of nitrogens with zero attached hydrogens (tertiary/aromatic N) is 2. The van der Waals surface area contributed by atoms with Crippen LogP contribution < -0.4 is 5.32 Å². The standard InChI is InChI=1S/C18H23N3O/c1-2-21(13-15-8-4-3-5-9-15)14-16(12-19)18(22)20-17-10-6-7-11-17/h3-5,8-9,14,17H,2,6-7,10-11,13H2,1H3,(H,20,22)/b16-14-. The van der Waals surface area contributed by atoms with E-state index < -0.39 is 0 Å². The fourth-order valence-electron chi connectivity index (χ4n) is 2.72. The summed E-state index contributed by atoms with van der Waals surface area (Å²) in [5, 5.41) is 12.2. The van der Waals surface area contributed by atoms with Crippen molar-refractivity contribution in [3.63, 3.8) is 0 Å². The molecule has 0 bridgehead atoms. The number of nitriles is 1. The molecule has 0 heterocycles. The van der Waals surface area contributed by atoms with E-state index in [0.29, 0.717) is 6.54 Å². The second-order valence-corrected chi connectivity index (χ2v) is 5.66. The molecule has 1 amide bonds. The zero-order valence-electron chi connectivity index (χ0n) is 13.1. The highest BCUT2D eigenvalue weighted by molar-refractivity contribution is 5.97. The smallest absolute Gasteiger partial charge is 0.263 e. The normalized spacial score (nSPS) is 15.4. The van der Waals surface area contributed by atoms with Crippen LogP contribution in [0.1, 0.15) is 38.2 Å². The fraction of sp³-hybridized carbons (Fsp3) is 0.444. The van der Waals surface area contributed by atoms with Crippen LogP contribution in [0.25, 0.3) is 0 Å². The second-order valence-electron chi connectivity index (χ2n) is 5.66. The minimum atomic E-state index is -0.249. The molecule has 0 saturated heterocycles. The van der Waals surface area contributed by atoms with Gasteiger partial charge in [0, 0.05) is 25.3 Å². The van der Waals surface area contributed by atoms with Gasteiger partial charge in [-0.15, -0.1) is 0 Å². The molecule has 0 unspecified atom stereocenters. The molecular weight excluding hydrogens is 274 g/mol. The monoisotopic (exact) mass is 297 g/mol. The summed E-state index contributed by atoms with van der Waals surface area (Å²) < 4.78 is 0. The number of hydrogen-bond donors (Lipinski definition) is 1. The Labute approximate surface area is 132 Å².